The zero-order valence-electron chi connectivity index (χ0n) is 11.2. The van der Waals surface area contributed by atoms with Crippen molar-refractivity contribution in [2.75, 3.05) is 18.9 Å². The van der Waals surface area contributed by atoms with Crippen LogP contribution >= 0.6 is 0 Å². The number of halogens is 1. The van der Waals surface area contributed by atoms with E-state index < -0.39 is 23.9 Å². The van der Waals surface area contributed by atoms with Crippen molar-refractivity contribution in [3.8, 4) is 0 Å². The van der Waals surface area contributed by atoms with Crippen LogP contribution in [0.15, 0.2) is 18.2 Å². The lowest BCUT2D eigenvalue weighted by Crippen LogP contribution is -2.42. The van der Waals surface area contributed by atoms with Gasteiger partial charge in [-0.25, -0.2) is 14.0 Å². The number of likely N-dealkylation sites (tertiary alicyclic amines) is 1. The van der Waals surface area contributed by atoms with E-state index in [1.54, 1.807) is 7.05 Å². The molecule has 8 heteroatoms. The molecular formula is C13H14FN3O4. The number of benzene rings is 1. The van der Waals surface area contributed by atoms with Crippen molar-refractivity contribution in [3.05, 3.63) is 29.6 Å². The maximum Gasteiger partial charge on any atom is 0.335 e. The third-order valence-electron chi connectivity index (χ3n) is 3.19. The monoisotopic (exact) mass is 295 g/mol. The molecule has 0 bridgehead atoms. The number of amides is 3. The predicted molar refractivity (Wildman–Crippen MR) is 71.6 cm³/mol. The topological polar surface area (TPSA) is 98.7 Å². The molecule has 0 aliphatic carbocycles. The summed E-state index contributed by atoms with van der Waals surface area (Å²) in [6.07, 6.45) is 0.473. The molecule has 7 nitrogen and oxygen atoms in total. The van der Waals surface area contributed by atoms with E-state index in [0.29, 0.717) is 13.0 Å². The van der Waals surface area contributed by atoms with Crippen LogP contribution < -0.4 is 10.6 Å². The second kappa shape index (κ2) is 5.78. The Morgan fingerprint density at radius 1 is 1.43 bits per heavy atom. The van der Waals surface area contributed by atoms with Gasteiger partial charge in [0, 0.05) is 13.6 Å². The number of carboxylic acids is 1. The SMILES string of the molecule is CN1CCC(NC(=O)Nc2cc(C(=O)O)ccc2F)C1=O. The molecule has 1 saturated heterocycles. The number of carboxylic acid groups (broad SMARTS) is 1. The third kappa shape index (κ3) is 3.28. The van der Waals surface area contributed by atoms with Crippen LogP contribution in [0.3, 0.4) is 0 Å². The van der Waals surface area contributed by atoms with Crippen molar-refractivity contribution in [3.63, 3.8) is 0 Å². The van der Waals surface area contributed by atoms with E-state index in [1.165, 1.54) is 4.90 Å². The minimum absolute atomic E-state index is 0.150. The van der Waals surface area contributed by atoms with Crippen LogP contribution in [-0.2, 0) is 4.79 Å². The average Bonchev–Trinajstić information content (AvgIpc) is 2.73. The number of likely N-dealkylation sites (N-methyl/N-ethyl adjacent to an activating group) is 1. The maximum absolute atomic E-state index is 13.5. The molecule has 1 aromatic carbocycles. The van der Waals surface area contributed by atoms with Crippen molar-refractivity contribution in [1.29, 1.82) is 0 Å². The van der Waals surface area contributed by atoms with Gasteiger partial charge in [-0.1, -0.05) is 0 Å². The molecule has 112 valence electrons. The van der Waals surface area contributed by atoms with Gasteiger partial charge in [-0.15, -0.1) is 0 Å². The molecular weight excluding hydrogens is 281 g/mol. The van der Waals surface area contributed by atoms with Crippen LogP contribution in [0.25, 0.3) is 0 Å². The number of urea groups is 1. The first-order valence-corrected chi connectivity index (χ1v) is 6.24. The Morgan fingerprint density at radius 2 is 2.14 bits per heavy atom. The molecule has 1 aliphatic rings. The van der Waals surface area contributed by atoms with Crippen LogP contribution in [0.4, 0.5) is 14.9 Å². The number of hydrogen-bond donors (Lipinski definition) is 3. The van der Waals surface area contributed by atoms with E-state index in [9.17, 15) is 18.8 Å². The Morgan fingerprint density at radius 3 is 2.71 bits per heavy atom. The number of hydrogen-bond acceptors (Lipinski definition) is 3. The van der Waals surface area contributed by atoms with E-state index in [2.05, 4.69) is 10.6 Å². The van der Waals surface area contributed by atoms with Gasteiger partial charge < -0.3 is 20.6 Å². The van der Waals surface area contributed by atoms with E-state index in [-0.39, 0.29) is 17.2 Å². The van der Waals surface area contributed by atoms with Crippen molar-refractivity contribution in [2.24, 2.45) is 0 Å². The van der Waals surface area contributed by atoms with Gasteiger partial charge in [-0.3, -0.25) is 4.79 Å². The van der Waals surface area contributed by atoms with Gasteiger partial charge in [-0.2, -0.15) is 0 Å². The van der Waals surface area contributed by atoms with Gasteiger partial charge >= 0.3 is 12.0 Å². The van der Waals surface area contributed by atoms with E-state index in [0.717, 1.165) is 18.2 Å². The Bertz CT molecular complexity index is 605. The minimum atomic E-state index is -1.23. The molecule has 0 aromatic heterocycles. The Labute approximate surface area is 119 Å². The fourth-order valence-electron chi connectivity index (χ4n) is 2.03. The maximum atomic E-state index is 13.5. The number of carbonyl (C=O) groups is 3. The molecule has 1 atom stereocenters. The smallest absolute Gasteiger partial charge is 0.335 e. The summed E-state index contributed by atoms with van der Waals surface area (Å²) < 4.78 is 13.5. The second-order valence-electron chi connectivity index (χ2n) is 4.70. The van der Waals surface area contributed by atoms with Gasteiger partial charge in [0.25, 0.3) is 0 Å². The highest BCUT2D eigenvalue weighted by atomic mass is 19.1. The highest BCUT2D eigenvalue weighted by Crippen LogP contribution is 2.16. The van der Waals surface area contributed by atoms with Crippen LogP contribution in [0.5, 0.6) is 0 Å². The number of rotatable bonds is 3. The molecule has 21 heavy (non-hydrogen) atoms. The average molecular weight is 295 g/mol. The molecule has 1 aliphatic heterocycles. The van der Waals surface area contributed by atoms with Crippen molar-refractivity contribution >= 4 is 23.6 Å². The van der Waals surface area contributed by atoms with Crippen LogP contribution in [-0.4, -0.2) is 47.5 Å². The number of nitrogens with one attached hydrogen (secondary N) is 2. The molecule has 0 spiro atoms. The lowest BCUT2D eigenvalue weighted by atomic mass is 10.2. The molecule has 0 radical (unpaired) electrons. The predicted octanol–water partition coefficient (Wildman–Crippen LogP) is 0.876. The summed E-state index contributed by atoms with van der Waals surface area (Å²) in [5.74, 6) is -2.21. The quantitative estimate of drug-likeness (QED) is 0.770. The molecule has 1 unspecified atom stereocenters. The lowest BCUT2D eigenvalue weighted by molar-refractivity contribution is -0.128. The fourth-order valence-corrected chi connectivity index (χ4v) is 2.03. The lowest BCUT2D eigenvalue weighted by Gasteiger charge is -2.13. The summed E-state index contributed by atoms with van der Waals surface area (Å²) in [6.45, 7) is 0.534. The molecule has 2 rings (SSSR count). The van der Waals surface area contributed by atoms with Gasteiger partial charge in [0.15, 0.2) is 0 Å². The molecule has 3 amide bonds. The van der Waals surface area contributed by atoms with E-state index in [1.807, 2.05) is 0 Å². The van der Waals surface area contributed by atoms with Crippen molar-refractivity contribution in [1.82, 2.24) is 10.2 Å². The highest BCUT2D eigenvalue weighted by molar-refractivity contribution is 5.96. The van der Waals surface area contributed by atoms with Crippen LogP contribution in [0, 0.1) is 5.82 Å². The summed E-state index contributed by atoms with van der Waals surface area (Å²) in [5, 5.41) is 13.5. The highest BCUT2D eigenvalue weighted by Gasteiger charge is 2.30. The van der Waals surface area contributed by atoms with Gasteiger partial charge in [-0.05, 0) is 24.6 Å². The minimum Gasteiger partial charge on any atom is -0.478 e. The number of nitrogens with zero attached hydrogens (tertiary/aromatic N) is 1. The van der Waals surface area contributed by atoms with E-state index in [4.69, 9.17) is 5.11 Å². The zero-order valence-corrected chi connectivity index (χ0v) is 11.2. The Hall–Kier alpha value is -2.64. The first-order valence-electron chi connectivity index (χ1n) is 6.24. The van der Waals surface area contributed by atoms with Crippen molar-refractivity contribution < 1.29 is 23.9 Å². The number of anilines is 1. The summed E-state index contributed by atoms with van der Waals surface area (Å²) in [7, 11) is 1.62. The van der Waals surface area contributed by atoms with Crippen LogP contribution in [0.1, 0.15) is 16.8 Å². The zero-order chi connectivity index (χ0) is 15.6. The normalized spacial score (nSPS) is 17.7. The van der Waals surface area contributed by atoms with Crippen molar-refractivity contribution in [2.45, 2.75) is 12.5 Å². The molecule has 3 N–H and O–H groups in total. The number of aromatic carboxylic acids is 1. The number of carbonyl (C=O) groups excluding carboxylic acids is 2. The molecule has 0 saturated carbocycles. The fraction of sp³-hybridized carbons (Fsp3) is 0.308. The molecule has 1 fully saturated rings. The van der Waals surface area contributed by atoms with Gasteiger partial charge in [0.1, 0.15) is 11.9 Å². The Balaban J connectivity index is 2.04. The summed E-state index contributed by atoms with van der Waals surface area (Å²) in [4.78, 5) is 35.7. The third-order valence-corrected chi connectivity index (χ3v) is 3.19. The summed E-state index contributed by atoms with van der Waals surface area (Å²) >= 11 is 0. The molecule has 1 aromatic rings. The summed E-state index contributed by atoms with van der Waals surface area (Å²) in [5.41, 5.74) is -0.408. The largest absolute Gasteiger partial charge is 0.478 e. The van der Waals surface area contributed by atoms with Crippen LogP contribution in [0.2, 0.25) is 0 Å². The van der Waals surface area contributed by atoms with E-state index >= 15 is 0 Å². The van der Waals surface area contributed by atoms with Gasteiger partial charge in [0.2, 0.25) is 5.91 Å². The first kappa shape index (κ1) is 14.8. The standard InChI is InChI=1S/C13H14FN3O4/c1-17-5-4-9(11(17)18)15-13(21)16-10-6-7(12(19)20)2-3-8(10)14/h2-3,6,9H,4-5H2,1H3,(H,19,20)(H2,15,16,21). The first-order chi connectivity index (χ1) is 9.88. The van der Waals surface area contributed by atoms with Gasteiger partial charge in [0.05, 0.1) is 11.3 Å². The Kier molecular flexibility index (Phi) is 4.06. The molecule has 1 heterocycles. The summed E-state index contributed by atoms with van der Waals surface area (Å²) in [6, 6.07) is 1.65. The second-order valence-corrected chi connectivity index (χ2v) is 4.70.